The van der Waals surface area contributed by atoms with Crippen LogP contribution in [0.4, 0.5) is 17.1 Å². The fraction of sp³-hybridized carbons (Fsp3) is 0.143. The van der Waals surface area contributed by atoms with E-state index in [0.717, 1.165) is 50.6 Å². The van der Waals surface area contributed by atoms with Gasteiger partial charge < -0.3 is 4.90 Å². The Labute approximate surface area is 271 Å². The number of anilines is 3. The van der Waals surface area contributed by atoms with Crippen LogP contribution >= 0.6 is 0 Å². The highest BCUT2D eigenvalue weighted by atomic mass is 15.1. The number of rotatable bonds is 8. The smallest absolute Gasteiger partial charge is 0.144 e. The van der Waals surface area contributed by atoms with Gasteiger partial charge in [0.05, 0.1) is 16.9 Å². The van der Waals surface area contributed by atoms with Crippen LogP contribution in [-0.4, -0.2) is 14.5 Å². The van der Waals surface area contributed by atoms with Crippen LogP contribution < -0.4 is 4.90 Å². The molecule has 4 nitrogen and oxygen atoms in total. The first kappa shape index (κ1) is 29.2. The fourth-order valence-electron chi connectivity index (χ4n) is 6.33. The van der Waals surface area contributed by atoms with Gasteiger partial charge in [-0.25, -0.2) is 9.97 Å². The van der Waals surface area contributed by atoms with Crippen LogP contribution in [0, 0.1) is 0 Å². The summed E-state index contributed by atoms with van der Waals surface area (Å²) in [5.74, 6) is 1.69. The van der Waals surface area contributed by atoms with Crippen molar-refractivity contribution in [1.82, 2.24) is 14.5 Å². The number of fused-ring (bicyclic) bond motifs is 1. The van der Waals surface area contributed by atoms with Crippen LogP contribution in [0.25, 0.3) is 39.2 Å². The van der Waals surface area contributed by atoms with E-state index >= 15 is 0 Å². The number of imidazole rings is 1. The molecule has 2 heterocycles. The summed E-state index contributed by atoms with van der Waals surface area (Å²) in [5, 5.41) is 1.14. The van der Waals surface area contributed by atoms with E-state index in [1.165, 1.54) is 16.8 Å². The first-order valence-corrected chi connectivity index (χ1v) is 16.1. The largest absolute Gasteiger partial charge is 0.310 e. The first-order valence-electron chi connectivity index (χ1n) is 16.1. The Hall–Kier alpha value is -5.48. The van der Waals surface area contributed by atoms with Crippen LogP contribution in [0.15, 0.2) is 146 Å². The normalized spacial score (nSPS) is 11.4. The molecule has 0 unspecified atom stereocenters. The van der Waals surface area contributed by atoms with Crippen molar-refractivity contribution in [3.05, 3.63) is 157 Å². The summed E-state index contributed by atoms with van der Waals surface area (Å²) < 4.78 is 2.28. The fourth-order valence-corrected chi connectivity index (χ4v) is 6.33. The minimum absolute atomic E-state index is 0.383. The van der Waals surface area contributed by atoms with Gasteiger partial charge in [-0.15, -0.1) is 0 Å². The molecule has 0 aliphatic heterocycles. The van der Waals surface area contributed by atoms with Crippen LogP contribution in [0.5, 0.6) is 0 Å². The molecule has 0 N–H and O–H groups in total. The average Bonchev–Trinajstić information content (AvgIpc) is 3.58. The van der Waals surface area contributed by atoms with Gasteiger partial charge >= 0.3 is 0 Å². The second kappa shape index (κ2) is 12.5. The van der Waals surface area contributed by atoms with Crippen LogP contribution in [-0.2, 0) is 0 Å². The minimum atomic E-state index is 0.383. The van der Waals surface area contributed by atoms with Gasteiger partial charge in [0.25, 0.3) is 0 Å². The van der Waals surface area contributed by atoms with Crippen molar-refractivity contribution in [2.45, 2.75) is 39.5 Å². The third-order valence-electron chi connectivity index (χ3n) is 8.60. The molecule has 0 amide bonds. The van der Waals surface area contributed by atoms with Crippen molar-refractivity contribution in [3.8, 4) is 28.3 Å². The van der Waals surface area contributed by atoms with Gasteiger partial charge in [0.2, 0.25) is 0 Å². The van der Waals surface area contributed by atoms with Crippen LogP contribution in [0.1, 0.15) is 50.7 Å². The molecular formula is C42H38N4. The molecule has 46 heavy (non-hydrogen) atoms. The molecule has 0 fully saturated rings. The molecule has 0 radical (unpaired) electrons. The predicted octanol–water partition coefficient (Wildman–Crippen LogP) is 11.5. The summed E-state index contributed by atoms with van der Waals surface area (Å²) in [6, 6.07) is 47.1. The maximum Gasteiger partial charge on any atom is 0.144 e. The summed E-state index contributed by atoms with van der Waals surface area (Å²) in [7, 11) is 0. The van der Waals surface area contributed by atoms with Crippen molar-refractivity contribution >= 4 is 28.0 Å². The van der Waals surface area contributed by atoms with Crippen LogP contribution in [0.2, 0.25) is 0 Å². The highest BCUT2D eigenvalue weighted by Gasteiger charge is 2.20. The molecule has 2 aromatic heterocycles. The Bertz CT molecular complexity index is 2100. The molecule has 0 bridgehead atoms. The lowest BCUT2D eigenvalue weighted by atomic mass is 9.92. The van der Waals surface area contributed by atoms with E-state index in [9.17, 15) is 0 Å². The second-order valence-electron chi connectivity index (χ2n) is 12.4. The Balaban J connectivity index is 1.35. The average molecular weight is 599 g/mol. The van der Waals surface area contributed by atoms with Gasteiger partial charge in [-0.3, -0.25) is 4.57 Å². The van der Waals surface area contributed by atoms with E-state index in [-0.39, 0.29) is 0 Å². The molecule has 7 aromatic rings. The number of nitrogens with zero attached hydrogens (tertiary/aromatic N) is 4. The number of hydrogen-bond donors (Lipinski definition) is 0. The third kappa shape index (κ3) is 5.59. The van der Waals surface area contributed by atoms with E-state index in [2.05, 4.69) is 171 Å². The number of benzene rings is 5. The lowest BCUT2D eigenvalue weighted by Crippen LogP contribution is -2.11. The van der Waals surface area contributed by atoms with Crippen molar-refractivity contribution < 1.29 is 0 Å². The second-order valence-corrected chi connectivity index (χ2v) is 12.4. The third-order valence-corrected chi connectivity index (χ3v) is 8.60. The molecule has 0 spiro atoms. The molecule has 0 saturated carbocycles. The monoisotopic (exact) mass is 598 g/mol. The van der Waals surface area contributed by atoms with E-state index in [1.54, 1.807) is 0 Å². The van der Waals surface area contributed by atoms with Gasteiger partial charge in [0.15, 0.2) is 0 Å². The van der Waals surface area contributed by atoms with Gasteiger partial charge in [-0.2, -0.15) is 0 Å². The molecule has 7 rings (SSSR count). The van der Waals surface area contributed by atoms with Gasteiger partial charge in [-0.1, -0.05) is 113 Å². The van der Waals surface area contributed by atoms with E-state index < -0.39 is 0 Å². The van der Waals surface area contributed by atoms with Crippen molar-refractivity contribution in [3.63, 3.8) is 0 Å². The molecular weight excluding hydrogens is 560 g/mol. The predicted molar refractivity (Wildman–Crippen MR) is 193 cm³/mol. The topological polar surface area (TPSA) is 34.0 Å². The molecule has 0 saturated heterocycles. The van der Waals surface area contributed by atoms with E-state index in [0.29, 0.717) is 11.8 Å². The number of hydrogen-bond acceptors (Lipinski definition) is 3. The van der Waals surface area contributed by atoms with E-state index in [4.69, 9.17) is 9.97 Å². The SMILES string of the molecule is CC(C)c1cccc(C(C)C)c1-n1ccnc1-c1cccc(N(c2ccccc2)c2cccc(-c3ccc4ccccc4n3)c2)c1. The molecule has 0 aliphatic rings. The lowest BCUT2D eigenvalue weighted by Gasteiger charge is -2.26. The maximum absolute atomic E-state index is 4.99. The Morgan fingerprint density at radius 3 is 1.89 bits per heavy atom. The van der Waals surface area contributed by atoms with Crippen molar-refractivity contribution in [2.75, 3.05) is 4.90 Å². The highest BCUT2D eigenvalue weighted by molar-refractivity contribution is 5.84. The zero-order valence-electron chi connectivity index (χ0n) is 26.8. The Kier molecular flexibility index (Phi) is 7.94. The molecule has 4 heteroatoms. The number of aromatic nitrogens is 3. The zero-order chi connectivity index (χ0) is 31.6. The standard InChI is InChI=1S/C42H38N4/c1-29(2)37-20-12-21-38(30(3)4)41(37)45-26-25-43-42(45)33-15-11-19-36(28-33)46(34-16-6-5-7-17-34)35-18-10-14-32(27-35)40-24-23-31-13-8-9-22-39(31)44-40/h5-30H,1-4H3. The Morgan fingerprint density at radius 1 is 0.565 bits per heavy atom. The summed E-state index contributed by atoms with van der Waals surface area (Å²) >= 11 is 0. The molecule has 226 valence electrons. The van der Waals surface area contributed by atoms with Crippen molar-refractivity contribution in [1.29, 1.82) is 0 Å². The quantitative estimate of drug-likeness (QED) is 0.174. The summed E-state index contributed by atoms with van der Waals surface area (Å²) in [4.78, 5) is 12.2. The molecule has 0 atom stereocenters. The summed E-state index contributed by atoms with van der Waals surface area (Å²) in [6.45, 7) is 9.05. The van der Waals surface area contributed by atoms with Gasteiger partial charge in [0.1, 0.15) is 5.82 Å². The van der Waals surface area contributed by atoms with E-state index in [1.807, 2.05) is 12.3 Å². The van der Waals surface area contributed by atoms with Gasteiger partial charge in [-0.05, 0) is 71.5 Å². The lowest BCUT2D eigenvalue weighted by molar-refractivity contribution is 0.807. The van der Waals surface area contributed by atoms with Crippen molar-refractivity contribution in [2.24, 2.45) is 0 Å². The molecule has 0 aliphatic carbocycles. The summed E-state index contributed by atoms with van der Waals surface area (Å²) in [6.07, 6.45) is 4.02. The van der Waals surface area contributed by atoms with Crippen LogP contribution in [0.3, 0.4) is 0 Å². The number of para-hydroxylation sites is 3. The summed E-state index contributed by atoms with van der Waals surface area (Å²) in [5.41, 5.74) is 11.2. The highest BCUT2D eigenvalue weighted by Crippen LogP contribution is 2.39. The zero-order valence-corrected chi connectivity index (χ0v) is 26.8. The minimum Gasteiger partial charge on any atom is -0.310 e. The van der Waals surface area contributed by atoms with Gasteiger partial charge in [0, 0.05) is 46.0 Å². The maximum atomic E-state index is 4.99. The first-order chi connectivity index (χ1) is 22.5. The number of pyridine rings is 1. The molecule has 5 aromatic carbocycles. The Morgan fingerprint density at radius 2 is 1.17 bits per heavy atom.